The van der Waals surface area contributed by atoms with Crippen molar-refractivity contribution in [3.05, 3.63) is 106 Å². The van der Waals surface area contributed by atoms with Gasteiger partial charge in [0.25, 0.3) is 5.56 Å². The van der Waals surface area contributed by atoms with E-state index in [1.165, 1.54) is 22.1 Å². The zero-order valence-corrected chi connectivity index (χ0v) is 17.2. The van der Waals surface area contributed by atoms with E-state index in [2.05, 4.69) is 5.10 Å². The molecule has 0 unspecified atom stereocenters. The van der Waals surface area contributed by atoms with E-state index in [1.807, 2.05) is 47.8 Å². The Morgan fingerprint density at radius 2 is 1.77 bits per heavy atom. The number of Topliss-reactive ketones (excluding diaryl/α,β-unsaturated/α-hetero) is 1. The molecule has 150 valence electrons. The molecule has 30 heavy (non-hydrogen) atoms. The Labute approximate surface area is 178 Å². The van der Waals surface area contributed by atoms with Crippen molar-refractivity contribution in [1.82, 2.24) is 9.78 Å². The summed E-state index contributed by atoms with van der Waals surface area (Å²) in [4.78, 5) is 26.2. The maximum Gasteiger partial charge on any atom is 0.267 e. The van der Waals surface area contributed by atoms with Gasteiger partial charge in [0.15, 0.2) is 5.78 Å². The second kappa shape index (κ2) is 8.88. The Balaban J connectivity index is 1.49. The van der Waals surface area contributed by atoms with Crippen molar-refractivity contribution in [3.63, 3.8) is 0 Å². The molecule has 0 radical (unpaired) electrons. The summed E-state index contributed by atoms with van der Waals surface area (Å²) in [7, 11) is 0. The van der Waals surface area contributed by atoms with Crippen LogP contribution >= 0.6 is 11.3 Å². The molecule has 0 saturated carbocycles. The van der Waals surface area contributed by atoms with Crippen LogP contribution in [0.1, 0.15) is 28.9 Å². The smallest absolute Gasteiger partial charge is 0.267 e. The molecular weight excluding hydrogens is 396 g/mol. The van der Waals surface area contributed by atoms with E-state index in [0.717, 1.165) is 10.4 Å². The average molecular weight is 417 g/mol. The van der Waals surface area contributed by atoms with E-state index in [-0.39, 0.29) is 11.3 Å². The summed E-state index contributed by atoms with van der Waals surface area (Å²) in [6.45, 7) is 2.15. The summed E-state index contributed by atoms with van der Waals surface area (Å²) in [5.74, 6) is 0.501. The summed E-state index contributed by atoms with van der Waals surface area (Å²) >= 11 is 1.53. The lowest BCUT2D eigenvalue weighted by Gasteiger charge is -2.14. The van der Waals surface area contributed by atoms with Crippen LogP contribution in [0.3, 0.4) is 0 Å². The van der Waals surface area contributed by atoms with Gasteiger partial charge in [-0.1, -0.05) is 36.4 Å². The fraction of sp³-hybridized carbons (Fsp3) is 0.125. The van der Waals surface area contributed by atoms with E-state index >= 15 is 0 Å². The van der Waals surface area contributed by atoms with Crippen LogP contribution in [0.25, 0.3) is 10.6 Å². The first-order chi connectivity index (χ1) is 14.6. The number of ketones is 1. The van der Waals surface area contributed by atoms with Gasteiger partial charge in [-0.15, -0.1) is 11.3 Å². The highest BCUT2D eigenvalue weighted by atomic mass is 32.1. The third-order valence-corrected chi connectivity index (χ3v) is 5.62. The van der Waals surface area contributed by atoms with Crippen LogP contribution < -0.4 is 10.3 Å². The molecule has 0 aliphatic rings. The predicted molar refractivity (Wildman–Crippen MR) is 118 cm³/mol. The largest absolute Gasteiger partial charge is 0.489 e. The Morgan fingerprint density at radius 3 is 2.47 bits per heavy atom. The maximum atomic E-state index is 12.9. The third-order valence-electron chi connectivity index (χ3n) is 4.73. The van der Waals surface area contributed by atoms with Crippen molar-refractivity contribution < 1.29 is 9.53 Å². The number of benzene rings is 2. The number of aromatic nitrogens is 2. The summed E-state index contributed by atoms with van der Waals surface area (Å²) in [6.07, 6.45) is 0. The number of ether oxygens (including phenoxy) is 1. The van der Waals surface area contributed by atoms with Crippen molar-refractivity contribution in [2.75, 3.05) is 0 Å². The lowest BCUT2D eigenvalue weighted by atomic mass is 10.1. The summed E-state index contributed by atoms with van der Waals surface area (Å²) in [5, 5.41) is 6.36. The molecule has 2 heterocycles. The van der Waals surface area contributed by atoms with Crippen molar-refractivity contribution in [3.8, 4) is 16.3 Å². The first-order valence-corrected chi connectivity index (χ1v) is 10.4. The zero-order valence-electron chi connectivity index (χ0n) is 16.4. The summed E-state index contributed by atoms with van der Waals surface area (Å²) in [6, 6.07) is 23.1. The average Bonchev–Trinajstić information content (AvgIpc) is 3.33. The van der Waals surface area contributed by atoms with E-state index in [1.54, 1.807) is 37.3 Å². The highest BCUT2D eigenvalue weighted by molar-refractivity contribution is 7.13. The van der Waals surface area contributed by atoms with Crippen molar-refractivity contribution >= 4 is 17.1 Å². The number of nitrogens with zero attached hydrogens (tertiary/aromatic N) is 2. The molecule has 2 aromatic carbocycles. The molecule has 6 heteroatoms. The molecular formula is C24H20N2O3S. The van der Waals surface area contributed by atoms with Crippen molar-refractivity contribution in [1.29, 1.82) is 0 Å². The van der Waals surface area contributed by atoms with Crippen LogP contribution in [0, 0.1) is 0 Å². The van der Waals surface area contributed by atoms with E-state index in [4.69, 9.17) is 4.74 Å². The molecule has 0 amide bonds. The molecule has 5 nitrogen and oxygen atoms in total. The van der Waals surface area contributed by atoms with Crippen LogP contribution in [0.2, 0.25) is 0 Å². The minimum absolute atomic E-state index is 0.178. The highest BCUT2D eigenvalue weighted by Crippen LogP contribution is 2.22. The van der Waals surface area contributed by atoms with Gasteiger partial charge in [0.05, 0.1) is 4.88 Å². The van der Waals surface area contributed by atoms with E-state index < -0.39 is 6.04 Å². The van der Waals surface area contributed by atoms with Crippen molar-refractivity contribution in [2.24, 2.45) is 0 Å². The van der Waals surface area contributed by atoms with Gasteiger partial charge >= 0.3 is 0 Å². The number of rotatable bonds is 7. The molecule has 1 atom stereocenters. The number of hydrogen-bond donors (Lipinski definition) is 0. The van der Waals surface area contributed by atoms with Gasteiger partial charge < -0.3 is 4.74 Å². The summed E-state index contributed by atoms with van der Waals surface area (Å²) < 4.78 is 7.02. The van der Waals surface area contributed by atoms with Crippen LogP contribution in [-0.2, 0) is 6.61 Å². The first-order valence-electron chi connectivity index (χ1n) is 9.56. The topological polar surface area (TPSA) is 61.2 Å². The predicted octanol–water partition coefficient (Wildman–Crippen LogP) is 4.99. The Morgan fingerprint density at radius 1 is 1.00 bits per heavy atom. The van der Waals surface area contributed by atoms with Gasteiger partial charge in [-0.25, -0.2) is 4.68 Å². The molecule has 0 saturated heterocycles. The molecule has 0 spiro atoms. The summed E-state index contributed by atoms with van der Waals surface area (Å²) in [5.41, 5.74) is 1.94. The molecule has 0 aliphatic carbocycles. The zero-order chi connectivity index (χ0) is 20.9. The van der Waals surface area contributed by atoms with Crippen molar-refractivity contribution in [2.45, 2.75) is 19.6 Å². The quantitative estimate of drug-likeness (QED) is 0.398. The van der Waals surface area contributed by atoms with Gasteiger partial charge in [-0.2, -0.15) is 5.10 Å². The second-order valence-corrected chi connectivity index (χ2v) is 7.77. The lowest BCUT2D eigenvalue weighted by molar-refractivity contribution is 0.0925. The SMILES string of the molecule is C[C@@H](C(=O)c1ccc(OCc2ccccc2)cc1)n1nc(-c2cccs2)ccc1=O. The Kier molecular flexibility index (Phi) is 5.86. The normalized spacial score (nSPS) is 11.8. The molecule has 2 aromatic heterocycles. The maximum absolute atomic E-state index is 12.9. The first kappa shape index (κ1) is 19.8. The minimum Gasteiger partial charge on any atom is -0.489 e. The third kappa shape index (κ3) is 4.39. The fourth-order valence-electron chi connectivity index (χ4n) is 3.07. The van der Waals surface area contributed by atoms with Gasteiger partial charge in [-0.3, -0.25) is 9.59 Å². The van der Waals surface area contributed by atoms with Gasteiger partial charge in [0.1, 0.15) is 24.1 Å². The monoisotopic (exact) mass is 416 g/mol. The number of thiophene rings is 1. The molecule has 0 aliphatic heterocycles. The van der Waals surface area contributed by atoms with Crippen LogP contribution in [0.4, 0.5) is 0 Å². The van der Waals surface area contributed by atoms with E-state index in [0.29, 0.717) is 23.6 Å². The van der Waals surface area contributed by atoms with Gasteiger partial charge in [0.2, 0.25) is 0 Å². The van der Waals surface area contributed by atoms with Gasteiger partial charge in [-0.05, 0) is 54.3 Å². The Bertz CT molecular complexity index is 1180. The van der Waals surface area contributed by atoms with E-state index in [9.17, 15) is 9.59 Å². The second-order valence-electron chi connectivity index (χ2n) is 6.82. The van der Waals surface area contributed by atoms with Crippen LogP contribution in [0.5, 0.6) is 5.75 Å². The van der Waals surface area contributed by atoms with Crippen LogP contribution in [-0.4, -0.2) is 15.6 Å². The Hall–Kier alpha value is -3.51. The standard InChI is InChI=1S/C24H20N2O3S/c1-17(26-23(27)14-13-21(25-26)22-8-5-15-30-22)24(28)19-9-11-20(12-10-19)29-16-18-6-3-2-4-7-18/h2-15,17H,16H2,1H3/t17-/m0/s1. The minimum atomic E-state index is -0.714. The molecule has 4 rings (SSSR count). The van der Waals surface area contributed by atoms with Gasteiger partial charge in [0, 0.05) is 11.6 Å². The molecule has 0 fully saturated rings. The van der Waals surface area contributed by atoms with Crippen LogP contribution in [0.15, 0.2) is 89.0 Å². The molecule has 0 N–H and O–H groups in total. The number of carbonyl (C=O) groups is 1. The highest BCUT2D eigenvalue weighted by Gasteiger charge is 2.20. The lowest BCUT2D eigenvalue weighted by Crippen LogP contribution is -2.30. The molecule has 0 bridgehead atoms. The number of carbonyl (C=O) groups excluding carboxylic acids is 1. The fourth-order valence-corrected chi connectivity index (χ4v) is 3.76. The number of hydrogen-bond acceptors (Lipinski definition) is 5. The molecule has 4 aromatic rings.